The van der Waals surface area contributed by atoms with E-state index in [1.807, 2.05) is 0 Å². The van der Waals surface area contributed by atoms with Gasteiger partial charge in [-0.3, -0.25) is 20.2 Å². The first-order valence-electron chi connectivity index (χ1n) is 5.08. The lowest BCUT2D eigenvalue weighted by Crippen LogP contribution is -2.50. The van der Waals surface area contributed by atoms with Gasteiger partial charge in [0, 0.05) is 18.8 Å². The Morgan fingerprint density at radius 1 is 1.38 bits per heavy atom. The average molecular weight is 220 g/mol. The first-order chi connectivity index (χ1) is 7.75. The lowest BCUT2D eigenvalue weighted by molar-refractivity contribution is -0.134. The summed E-state index contributed by atoms with van der Waals surface area (Å²) in [7, 11) is 0. The molecule has 2 rings (SSSR count). The first kappa shape index (κ1) is 10.7. The number of imide groups is 1. The minimum absolute atomic E-state index is 0.209. The number of nitrogens with zero attached hydrogens (tertiary/aromatic N) is 2. The molecule has 0 aliphatic carbocycles. The summed E-state index contributed by atoms with van der Waals surface area (Å²) in [6.07, 6.45) is 4.19. The monoisotopic (exact) mass is 220 g/mol. The van der Waals surface area contributed by atoms with Crippen molar-refractivity contribution in [2.45, 2.75) is 25.4 Å². The highest BCUT2D eigenvalue weighted by molar-refractivity contribution is 6.00. The highest BCUT2D eigenvalue weighted by atomic mass is 16.2. The second-order valence-corrected chi connectivity index (χ2v) is 3.55. The van der Waals surface area contributed by atoms with Gasteiger partial charge in [-0.15, -0.1) is 0 Å². The summed E-state index contributed by atoms with van der Waals surface area (Å²) in [4.78, 5) is 30.4. The number of hydrogen-bond acceptors (Lipinski definition) is 5. The molecule has 1 saturated heterocycles. The smallest absolute Gasteiger partial charge is 0.243 e. The van der Waals surface area contributed by atoms with Gasteiger partial charge >= 0.3 is 0 Å². The molecule has 1 unspecified atom stereocenters. The van der Waals surface area contributed by atoms with E-state index in [4.69, 9.17) is 0 Å². The number of carbonyl (C=O) groups is 2. The van der Waals surface area contributed by atoms with Crippen LogP contribution in [0.1, 0.15) is 18.7 Å². The van der Waals surface area contributed by atoms with Gasteiger partial charge in [-0.25, -0.2) is 9.97 Å². The van der Waals surface area contributed by atoms with Gasteiger partial charge in [0.2, 0.25) is 11.8 Å². The fraction of sp³-hybridized carbons (Fsp3) is 0.400. The Morgan fingerprint density at radius 3 is 2.81 bits per heavy atom. The van der Waals surface area contributed by atoms with E-state index in [1.54, 1.807) is 18.5 Å². The van der Waals surface area contributed by atoms with Crippen LogP contribution in [0.5, 0.6) is 0 Å². The van der Waals surface area contributed by atoms with Gasteiger partial charge in [-0.2, -0.15) is 0 Å². The van der Waals surface area contributed by atoms with E-state index in [9.17, 15) is 9.59 Å². The summed E-state index contributed by atoms with van der Waals surface area (Å²) in [5.41, 5.74) is 0. The Hall–Kier alpha value is -1.82. The van der Waals surface area contributed by atoms with Crippen LogP contribution in [0, 0.1) is 0 Å². The van der Waals surface area contributed by atoms with Crippen LogP contribution in [0.2, 0.25) is 0 Å². The first-order valence-corrected chi connectivity index (χ1v) is 5.08. The lowest BCUT2D eigenvalue weighted by Gasteiger charge is -2.21. The van der Waals surface area contributed by atoms with Crippen LogP contribution < -0.4 is 10.6 Å². The predicted molar refractivity (Wildman–Crippen MR) is 55.0 cm³/mol. The molecule has 0 saturated carbocycles. The van der Waals surface area contributed by atoms with E-state index in [1.165, 1.54) is 0 Å². The minimum Gasteiger partial charge on any atom is -0.299 e. The molecule has 6 heteroatoms. The van der Waals surface area contributed by atoms with Crippen LogP contribution in [0.4, 0.5) is 0 Å². The van der Waals surface area contributed by atoms with Crippen molar-refractivity contribution in [1.29, 1.82) is 0 Å². The van der Waals surface area contributed by atoms with Crippen LogP contribution in [0.15, 0.2) is 18.5 Å². The van der Waals surface area contributed by atoms with Crippen molar-refractivity contribution in [1.82, 2.24) is 20.6 Å². The van der Waals surface area contributed by atoms with Crippen molar-refractivity contribution in [3.8, 4) is 0 Å². The van der Waals surface area contributed by atoms with E-state index in [0.717, 1.165) is 0 Å². The van der Waals surface area contributed by atoms with Crippen molar-refractivity contribution < 1.29 is 9.59 Å². The fourth-order valence-corrected chi connectivity index (χ4v) is 1.52. The Labute approximate surface area is 92.5 Å². The number of carbonyl (C=O) groups excluding carboxylic acids is 2. The number of amides is 2. The van der Waals surface area contributed by atoms with Crippen molar-refractivity contribution in [2.75, 3.05) is 0 Å². The van der Waals surface area contributed by atoms with Crippen LogP contribution in [0.3, 0.4) is 0 Å². The molecule has 0 aromatic carbocycles. The third kappa shape index (κ3) is 2.60. The summed E-state index contributed by atoms with van der Waals surface area (Å²) < 4.78 is 0. The van der Waals surface area contributed by atoms with Gasteiger partial charge in [0.25, 0.3) is 0 Å². The molecule has 1 aliphatic rings. The SMILES string of the molecule is O=C1CCC(NCc2ncccn2)C(=O)N1. The topological polar surface area (TPSA) is 84.0 Å². The Balaban J connectivity index is 1.87. The van der Waals surface area contributed by atoms with E-state index in [0.29, 0.717) is 25.2 Å². The molecular weight excluding hydrogens is 208 g/mol. The van der Waals surface area contributed by atoms with Crippen molar-refractivity contribution in [3.05, 3.63) is 24.3 Å². The molecule has 1 aromatic heterocycles. The van der Waals surface area contributed by atoms with Crippen LogP contribution in [-0.4, -0.2) is 27.8 Å². The third-order valence-electron chi connectivity index (χ3n) is 2.37. The van der Waals surface area contributed by atoms with Crippen LogP contribution in [-0.2, 0) is 16.1 Å². The number of piperidine rings is 1. The molecular formula is C10H12N4O2. The normalized spacial score (nSPS) is 20.6. The fourth-order valence-electron chi connectivity index (χ4n) is 1.52. The lowest BCUT2D eigenvalue weighted by atomic mass is 10.1. The predicted octanol–water partition coefficient (Wildman–Crippen LogP) is -0.629. The standard InChI is InChI=1S/C10H12N4O2/c15-9-3-2-7(10(16)14-9)13-6-8-11-4-1-5-12-8/h1,4-5,7,13H,2-3,6H2,(H,14,15,16). The molecule has 2 heterocycles. The van der Waals surface area contributed by atoms with Gasteiger partial charge < -0.3 is 0 Å². The van der Waals surface area contributed by atoms with Crippen molar-refractivity contribution >= 4 is 11.8 Å². The maximum Gasteiger partial charge on any atom is 0.243 e. The van der Waals surface area contributed by atoms with Crippen molar-refractivity contribution in [3.63, 3.8) is 0 Å². The summed E-state index contributed by atoms with van der Waals surface area (Å²) in [6, 6.07) is 1.40. The Bertz CT molecular complexity index is 393. The molecule has 0 radical (unpaired) electrons. The highest BCUT2D eigenvalue weighted by Crippen LogP contribution is 2.04. The van der Waals surface area contributed by atoms with Crippen molar-refractivity contribution in [2.24, 2.45) is 0 Å². The number of rotatable bonds is 3. The molecule has 1 fully saturated rings. The zero-order chi connectivity index (χ0) is 11.4. The number of nitrogens with one attached hydrogen (secondary N) is 2. The quantitative estimate of drug-likeness (QED) is 0.663. The Morgan fingerprint density at radius 2 is 2.12 bits per heavy atom. The summed E-state index contributed by atoms with van der Waals surface area (Å²) >= 11 is 0. The zero-order valence-electron chi connectivity index (χ0n) is 8.64. The molecule has 1 aromatic rings. The summed E-state index contributed by atoms with van der Waals surface area (Å²) in [6.45, 7) is 0.424. The second-order valence-electron chi connectivity index (χ2n) is 3.55. The molecule has 84 valence electrons. The van der Waals surface area contributed by atoms with Gasteiger partial charge in [-0.05, 0) is 12.5 Å². The molecule has 2 amide bonds. The molecule has 2 N–H and O–H groups in total. The van der Waals surface area contributed by atoms with E-state index < -0.39 is 0 Å². The summed E-state index contributed by atoms with van der Waals surface area (Å²) in [5.74, 6) is 0.151. The van der Waals surface area contributed by atoms with Gasteiger partial charge in [0.15, 0.2) is 0 Å². The van der Waals surface area contributed by atoms with Gasteiger partial charge in [0.05, 0.1) is 12.6 Å². The van der Waals surface area contributed by atoms with Gasteiger partial charge in [-0.1, -0.05) is 0 Å². The maximum absolute atomic E-state index is 11.4. The third-order valence-corrected chi connectivity index (χ3v) is 2.37. The molecule has 0 spiro atoms. The molecule has 1 atom stereocenters. The molecule has 1 aliphatic heterocycles. The molecule has 16 heavy (non-hydrogen) atoms. The van der Waals surface area contributed by atoms with E-state index in [-0.39, 0.29) is 17.9 Å². The highest BCUT2D eigenvalue weighted by Gasteiger charge is 2.25. The Kier molecular flexibility index (Phi) is 3.21. The number of aromatic nitrogens is 2. The van der Waals surface area contributed by atoms with Crippen LogP contribution >= 0.6 is 0 Å². The van der Waals surface area contributed by atoms with E-state index in [2.05, 4.69) is 20.6 Å². The number of hydrogen-bond donors (Lipinski definition) is 2. The second kappa shape index (κ2) is 4.80. The van der Waals surface area contributed by atoms with Crippen LogP contribution in [0.25, 0.3) is 0 Å². The van der Waals surface area contributed by atoms with E-state index >= 15 is 0 Å². The maximum atomic E-state index is 11.4. The minimum atomic E-state index is -0.332. The van der Waals surface area contributed by atoms with Gasteiger partial charge in [0.1, 0.15) is 5.82 Å². The average Bonchev–Trinajstić information content (AvgIpc) is 2.29. The zero-order valence-corrected chi connectivity index (χ0v) is 8.64. The largest absolute Gasteiger partial charge is 0.299 e. The molecule has 6 nitrogen and oxygen atoms in total. The summed E-state index contributed by atoms with van der Waals surface area (Å²) in [5, 5.41) is 5.30. The molecule has 0 bridgehead atoms.